The molecule has 10 heteroatoms. The van der Waals surface area contributed by atoms with Crippen LogP contribution in [0.5, 0.6) is 5.75 Å². The second kappa shape index (κ2) is 8.19. The molecule has 0 spiro atoms. The summed E-state index contributed by atoms with van der Waals surface area (Å²) in [6.45, 7) is 2.61. The third-order valence-corrected chi connectivity index (χ3v) is 4.46. The van der Waals surface area contributed by atoms with Crippen LogP contribution in [0.2, 0.25) is 0 Å². The highest BCUT2D eigenvalue weighted by molar-refractivity contribution is 5.93. The molecule has 30 heavy (non-hydrogen) atoms. The van der Waals surface area contributed by atoms with Crippen LogP contribution in [-0.2, 0) is 23.2 Å². The number of nitrogens with one attached hydrogen (secondary N) is 2. The number of rotatable bonds is 5. The summed E-state index contributed by atoms with van der Waals surface area (Å²) >= 11 is 0. The summed E-state index contributed by atoms with van der Waals surface area (Å²) in [6, 6.07) is 6.52. The molecule has 3 rings (SSSR count). The maximum Gasteiger partial charge on any atom is 0.332 e. The molecular weight excluding hydrogens is 390 g/mol. The number of hydrogen-bond acceptors (Lipinski definition) is 6. The molecule has 3 aromatic rings. The smallest absolute Gasteiger partial charge is 0.332 e. The summed E-state index contributed by atoms with van der Waals surface area (Å²) < 4.78 is 7.36. The third kappa shape index (κ3) is 3.93. The lowest BCUT2D eigenvalue weighted by molar-refractivity contribution is -0.117. The molecule has 0 aliphatic carbocycles. The fourth-order valence-corrected chi connectivity index (χ4v) is 3.14. The minimum absolute atomic E-state index is 0.125. The number of carbonyl (C=O) groups is 2. The predicted octanol–water partition coefficient (Wildman–Crippen LogP) is 1.01. The second-order valence-corrected chi connectivity index (χ2v) is 6.72. The van der Waals surface area contributed by atoms with Crippen LogP contribution in [0.25, 0.3) is 11.0 Å². The fourth-order valence-electron chi connectivity index (χ4n) is 3.14. The molecule has 10 nitrogen and oxygen atoms in total. The van der Waals surface area contributed by atoms with Crippen molar-refractivity contribution in [3.63, 3.8) is 0 Å². The molecule has 156 valence electrons. The number of pyridine rings is 1. The molecule has 2 N–H and O–H groups in total. The highest BCUT2D eigenvalue weighted by Crippen LogP contribution is 2.23. The zero-order chi connectivity index (χ0) is 22.0. The Balaban J connectivity index is 1.98. The van der Waals surface area contributed by atoms with Crippen LogP contribution in [-0.4, -0.2) is 33.0 Å². The minimum atomic E-state index is -0.673. The van der Waals surface area contributed by atoms with Gasteiger partial charge in [0.1, 0.15) is 17.7 Å². The van der Waals surface area contributed by atoms with Crippen molar-refractivity contribution in [3.8, 4) is 5.75 Å². The first kappa shape index (κ1) is 20.8. The summed E-state index contributed by atoms with van der Waals surface area (Å²) in [5, 5.41) is 5.36. The number of anilines is 2. The van der Waals surface area contributed by atoms with E-state index in [1.54, 1.807) is 31.2 Å². The van der Waals surface area contributed by atoms with E-state index in [-0.39, 0.29) is 16.9 Å². The number of carbonyl (C=O) groups excluding carboxylic acids is 2. The molecule has 2 amide bonds. The molecule has 0 bridgehead atoms. The predicted molar refractivity (Wildman–Crippen MR) is 112 cm³/mol. The van der Waals surface area contributed by atoms with E-state index in [9.17, 15) is 19.2 Å². The van der Waals surface area contributed by atoms with Gasteiger partial charge >= 0.3 is 5.69 Å². The van der Waals surface area contributed by atoms with Crippen molar-refractivity contribution in [2.75, 3.05) is 17.7 Å². The van der Waals surface area contributed by atoms with Gasteiger partial charge in [-0.25, -0.2) is 14.3 Å². The normalized spacial score (nSPS) is 10.7. The van der Waals surface area contributed by atoms with Crippen molar-refractivity contribution < 1.29 is 14.3 Å². The summed E-state index contributed by atoms with van der Waals surface area (Å²) in [5.74, 6) is -0.520. The first-order valence-corrected chi connectivity index (χ1v) is 9.03. The van der Waals surface area contributed by atoms with Gasteiger partial charge in [0.2, 0.25) is 11.8 Å². The lowest BCUT2D eigenvalue weighted by Gasteiger charge is -2.13. The molecule has 0 aliphatic heterocycles. The van der Waals surface area contributed by atoms with Gasteiger partial charge in [-0.15, -0.1) is 0 Å². The van der Waals surface area contributed by atoms with Crippen LogP contribution >= 0.6 is 0 Å². The number of fused-ring (bicyclic) bond motifs is 1. The SMILES string of the molecule is COc1c(C)cnc2c1c(=O)n(CC(=O)Nc1cccc(NC(C)=O)c1)c(=O)n2C. The summed E-state index contributed by atoms with van der Waals surface area (Å²) in [5.41, 5.74) is 0.382. The van der Waals surface area contributed by atoms with Crippen LogP contribution < -0.4 is 26.6 Å². The molecule has 0 aliphatic rings. The number of ether oxygens (including phenoxy) is 1. The van der Waals surface area contributed by atoms with Crippen molar-refractivity contribution in [1.29, 1.82) is 0 Å². The van der Waals surface area contributed by atoms with Gasteiger partial charge in [0.15, 0.2) is 5.65 Å². The number of aryl methyl sites for hydroxylation is 2. The van der Waals surface area contributed by atoms with E-state index < -0.39 is 23.7 Å². The van der Waals surface area contributed by atoms with Gasteiger partial charge in [-0.2, -0.15) is 0 Å². The monoisotopic (exact) mass is 411 g/mol. The van der Waals surface area contributed by atoms with E-state index in [1.165, 1.54) is 31.8 Å². The number of methoxy groups -OCH3 is 1. The highest BCUT2D eigenvalue weighted by atomic mass is 16.5. The number of amides is 2. The Labute approximate surface area is 171 Å². The Morgan fingerprint density at radius 1 is 1.17 bits per heavy atom. The lowest BCUT2D eigenvalue weighted by atomic mass is 10.2. The van der Waals surface area contributed by atoms with Gasteiger partial charge in [-0.3, -0.25) is 19.0 Å². The van der Waals surface area contributed by atoms with Gasteiger partial charge < -0.3 is 15.4 Å². The van der Waals surface area contributed by atoms with Gasteiger partial charge in [-0.1, -0.05) is 6.07 Å². The van der Waals surface area contributed by atoms with Crippen molar-refractivity contribution in [2.24, 2.45) is 7.05 Å². The summed E-state index contributed by atoms with van der Waals surface area (Å²) in [7, 11) is 2.89. The van der Waals surface area contributed by atoms with E-state index in [2.05, 4.69) is 15.6 Å². The molecule has 0 radical (unpaired) electrons. The quantitative estimate of drug-likeness (QED) is 0.646. The summed E-state index contributed by atoms with van der Waals surface area (Å²) in [6.07, 6.45) is 1.51. The van der Waals surface area contributed by atoms with Crippen LogP contribution in [0.1, 0.15) is 12.5 Å². The average molecular weight is 411 g/mol. The van der Waals surface area contributed by atoms with Gasteiger partial charge in [-0.05, 0) is 25.1 Å². The Morgan fingerprint density at radius 2 is 1.83 bits per heavy atom. The Hall–Kier alpha value is -3.95. The van der Waals surface area contributed by atoms with Crippen LogP contribution in [0.15, 0.2) is 40.1 Å². The first-order chi connectivity index (χ1) is 14.2. The van der Waals surface area contributed by atoms with Gasteiger partial charge in [0, 0.05) is 37.1 Å². The second-order valence-electron chi connectivity index (χ2n) is 6.72. The van der Waals surface area contributed by atoms with Crippen LogP contribution in [0.4, 0.5) is 11.4 Å². The van der Waals surface area contributed by atoms with Gasteiger partial charge in [0.25, 0.3) is 5.56 Å². The molecule has 0 saturated heterocycles. The highest BCUT2D eigenvalue weighted by Gasteiger charge is 2.19. The first-order valence-electron chi connectivity index (χ1n) is 9.03. The van der Waals surface area contributed by atoms with E-state index in [4.69, 9.17) is 4.74 Å². The van der Waals surface area contributed by atoms with Gasteiger partial charge in [0.05, 0.1) is 7.11 Å². The van der Waals surface area contributed by atoms with E-state index in [0.717, 1.165) is 4.57 Å². The number of nitrogens with zero attached hydrogens (tertiary/aromatic N) is 3. The van der Waals surface area contributed by atoms with Crippen molar-refractivity contribution in [1.82, 2.24) is 14.1 Å². The zero-order valence-electron chi connectivity index (χ0n) is 17.0. The molecule has 0 fully saturated rings. The van der Waals surface area contributed by atoms with Crippen molar-refractivity contribution in [3.05, 3.63) is 56.9 Å². The van der Waals surface area contributed by atoms with Crippen molar-refractivity contribution in [2.45, 2.75) is 20.4 Å². The Kier molecular flexibility index (Phi) is 5.67. The maximum absolute atomic E-state index is 13.0. The minimum Gasteiger partial charge on any atom is -0.495 e. The molecular formula is C20H21N5O5. The molecule has 0 saturated carbocycles. The molecule has 2 heterocycles. The Bertz CT molecular complexity index is 1280. The lowest BCUT2D eigenvalue weighted by Crippen LogP contribution is -2.42. The zero-order valence-corrected chi connectivity index (χ0v) is 17.0. The number of benzene rings is 1. The maximum atomic E-state index is 13.0. The largest absolute Gasteiger partial charge is 0.495 e. The average Bonchev–Trinajstić information content (AvgIpc) is 2.69. The Morgan fingerprint density at radius 3 is 2.47 bits per heavy atom. The topological polar surface area (TPSA) is 124 Å². The molecule has 0 atom stereocenters. The van der Waals surface area contributed by atoms with E-state index in [1.807, 2.05) is 0 Å². The number of aromatic nitrogens is 3. The van der Waals surface area contributed by atoms with Crippen molar-refractivity contribution >= 4 is 34.2 Å². The molecule has 0 unspecified atom stereocenters. The standard InChI is InChI=1S/C20H21N5O5/c1-11-9-21-18-16(17(11)30-4)19(28)25(20(29)24(18)3)10-15(27)23-14-7-5-6-13(8-14)22-12(2)26/h5-9H,10H2,1-4H3,(H,22,26)(H,23,27). The fraction of sp³-hybridized carbons (Fsp3) is 0.250. The number of hydrogen-bond donors (Lipinski definition) is 2. The molecule has 1 aromatic carbocycles. The van der Waals surface area contributed by atoms with E-state index >= 15 is 0 Å². The molecule has 2 aromatic heterocycles. The van der Waals surface area contributed by atoms with Crippen LogP contribution in [0, 0.1) is 6.92 Å². The summed E-state index contributed by atoms with van der Waals surface area (Å²) in [4.78, 5) is 53.6. The van der Waals surface area contributed by atoms with E-state index in [0.29, 0.717) is 22.7 Å². The van der Waals surface area contributed by atoms with Crippen LogP contribution in [0.3, 0.4) is 0 Å². The third-order valence-electron chi connectivity index (χ3n) is 4.46.